The maximum Gasteiger partial charge on any atom is 0.268 e. The Morgan fingerprint density at radius 2 is 1.91 bits per heavy atom. The molecule has 5 nitrogen and oxygen atoms in total. The number of hydrogen-bond acceptors (Lipinski definition) is 4. The first-order valence-corrected chi connectivity index (χ1v) is 12.3. The number of rotatable bonds is 8. The number of aromatic amines is 1. The van der Waals surface area contributed by atoms with Crippen molar-refractivity contribution < 1.29 is 9.53 Å². The molecule has 1 fully saturated rings. The van der Waals surface area contributed by atoms with E-state index in [9.17, 15) is 4.79 Å². The predicted octanol–water partition coefficient (Wildman–Crippen LogP) is 5.43. The number of carbonyl (C=O) groups is 1. The minimum Gasteiger partial charge on any atom is -0.497 e. The highest BCUT2D eigenvalue weighted by Gasteiger charge is 2.22. The Labute approximate surface area is 194 Å². The third-order valence-electron chi connectivity index (χ3n) is 6.03. The Hall–Kier alpha value is -2.44. The molecular weight excluding hydrogens is 418 g/mol. The molecule has 2 aromatic carbocycles. The van der Waals surface area contributed by atoms with Crippen molar-refractivity contribution in [1.82, 2.24) is 15.2 Å². The fourth-order valence-electron chi connectivity index (χ4n) is 4.72. The number of nitrogens with one attached hydrogen (secondary N) is 2. The molecule has 1 saturated heterocycles. The van der Waals surface area contributed by atoms with Gasteiger partial charge in [-0.2, -0.15) is 0 Å². The van der Waals surface area contributed by atoms with Crippen molar-refractivity contribution >= 4 is 28.6 Å². The van der Waals surface area contributed by atoms with Gasteiger partial charge in [0.2, 0.25) is 0 Å². The molecule has 1 aliphatic rings. The Balaban J connectivity index is 1.45. The number of piperidine rings is 1. The van der Waals surface area contributed by atoms with Gasteiger partial charge >= 0.3 is 0 Å². The van der Waals surface area contributed by atoms with Crippen molar-refractivity contribution in [1.29, 1.82) is 0 Å². The summed E-state index contributed by atoms with van der Waals surface area (Å²) in [6.45, 7) is 8.71. The van der Waals surface area contributed by atoms with Gasteiger partial charge < -0.3 is 19.9 Å². The van der Waals surface area contributed by atoms with E-state index < -0.39 is 0 Å². The van der Waals surface area contributed by atoms with Crippen LogP contribution in [0.3, 0.4) is 0 Å². The summed E-state index contributed by atoms with van der Waals surface area (Å²) < 4.78 is 5.37. The van der Waals surface area contributed by atoms with E-state index in [1.807, 2.05) is 36.4 Å². The number of carbonyl (C=O) groups excluding carboxylic acids is 1. The Bertz CT molecular complexity index is 1040. The molecule has 2 heterocycles. The lowest BCUT2D eigenvalue weighted by molar-refractivity contribution is 0.0940. The van der Waals surface area contributed by atoms with E-state index in [-0.39, 0.29) is 5.91 Å². The first kappa shape index (κ1) is 22.7. The van der Waals surface area contributed by atoms with Crippen molar-refractivity contribution in [2.45, 2.75) is 36.5 Å². The Morgan fingerprint density at radius 3 is 2.62 bits per heavy atom. The van der Waals surface area contributed by atoms with E-state index >= 15 is 0 Å². The SMILES string of the molecule is COc1ccc2c(Sc3ccccc3)c(C(=O)NCCCN3C[C@H](C)C[C@H](C)C3)[nH]c2c1. The lowest BCUT2D eigenvalue weighted by Crippen LogP contribution is -2.40. The van der Waals surface area contributed by atoms with Crippen LogP contribution >= 0.6 is 11.8 Å². The number of hydrogen-bond donors (Lipinski definition) is 2. The molecule has 0 bridgehead atoms. The van der Waals surface area contributed by atoms with E-state index in [2.05, 4.69) is 41.2 Å². The first-order valence-electron chi connectivity index (χ1n) is 11.5. The van der Waals surface area contributed by atoms with E-state index in [1.54, 1.807) is 18.9 Å². The number of fused-ring (bicyclic) bond motifs is 1. The highest BCUT2D eigenvalue weighted by molar-refractivity contribution is 7.99. The second-order valence-electron chi connectivity index (χ2n) is 8.97. The topological polar surface area (TPSA) is 57.4 Å². The van der Waals surface area contributed by atoms with Crippen LogP contribution < -0.4 is 10.1 Å². The van der Waals surface area contributed by atoms with Crippen LogP contribution in [0.4, 0.5) is 0 Å². The van der Waals surface area contributed by atoms with Gasteiger partial charge in [-0.25, -0.2) is 0 Å². The first-order chi connectivity index (χ1) is 15.5. The molecule has 4 rings (SSSR count). The summed E-state index contributed by atoms with van der Waals surface area (Å²) in [5.41, 5.74) is 1.52. The minimum absolute atomic E-state index is 0.0565. The van der Waals surface area contributed by atoms with Crippen LogP contribution in [0, 0.1) is 11.8 Å². The second kappa shape index (κ2) is 10.5. The molecule has 0 radical (unpaired) electrons. The molecule has 1 amide bonds. The molecule has 170 valence electrons. The number of nitrogens with zero attached hydrogens (tertiary/aromatic N) is 1. The van der Waals surface area contributed by atoms with Gasteiger partial charge in [0, 0.05) is 36.0 Å². The molecule has 2 N–H and O–H groups in total. The molecule has 0 unspecified atom stereocenters. The number of aromatic nitrogens is 1. The molecule has 1 aliphatic heterocycles. The van der Waals surface area contributed by atoms with Gasteiger partial charge in [0.15, 0.2) is 0 Å². The molecular formula is C26H33N3O2S. The zero-order chi connectivity index (χ0) is 22.5. The van der Waals surface area contributed by atoms with Crippen molar-refractivity contribution in [3.63, 3.8) is 0 Å². The third kappa shape index (κ3) is 5.48. The lowest BCUT2D eigenvalue weighted by Gasteiger charge is -2.34. The number of ether oxygens (including phenoxy) is 1. The van der Waals surface area contributed by atoms with Crippen LogP contribution in [0.1, 0.15) is 37.2 Å². The summed E-state index contributed by atoms with van der Waals surface area (Å²) in [4.78, 5) is 21.1. The molecule has 3 aromatic rings. The summed E-state index contributed by atoms with van der Waals surface area (Å²) in [5.74, 6) is 2.23. The quantitative estimate of drug-likeness (QED) is 0.449. The lowest BCUT2D eigenvalue weighted by atomic mass is 9.92. The average molecular weight is 452 g/mol. The standard InChI is InChI=1S/C26H33N3O2S/c1-18-14-19(2)17-29(16-18)13-7-12-27-26(30)24-25(32-21-8-5-4-6-9-21)22-11-10-20(31-3)15-23(22)28-24/h4-6,8-11,15,18-19,28H,7,12-14,16-17H2,1-3H3,(H,27,30)/t18-,19+. The van der Waals surface area contributed by atoms with Gasteiger partial charge in [0.25, 0.3) is 5.91 Å². The van der Waals surface area contributed by atoms with Crippen molar-refractivity contribution in [3.05, 3.63) is 54.2 Å². The number of amides is 1. The molecule has 32 heavy (non-hydrogen) atoms. The molecule has 0 spiro atoms. The normalized spacial score (nSPS) is 19.2. The zero-order valence-electron chi connectivity index (χ0n) is 19.2. The zero-order valence-corrected chi connectivity index (χ0v) is 20.0. The highest BCUT2D eigenvalue weighted by Crippen LogP contribution is 2.37. The van der Waals surface area contributed by atoms with Crippen LogP contribution in [0.5, 0.6) is 5.75 Å². The molecule has 6 heteroatoms. The van der Waals surface area contributed by atoms with Crippen LogP contribution in [0.2, 0.25) is 0 Å². The summed E-state index contributed by atoms with van der Waals surface area (Å²) in [6.07, 6.45) is 2.28. The van der Waals surface area contributed by atoms with Crippen molar-refractivity contribution in [2.75, 3.05) is 33.3 Å². The monoisotopic (exact) mass is 451 g/mol. The van der Waals surface area contributed by atoms with Gasteiger partial charge in [-0.1, -0.05) is 43.8 Å². The van der Waals surface area contributed by atoms with Gasteiger partial charge in [-0.3, -0.25) is 4.79 Å². The van der Waals surface area contributed by atoms with Crippen molar-refractivity contribution in [3.8, 4) is 5.75 Å². The predicted molar refractivity (Wildman–Crippen MR) is 132 cm³/mol. The van der Waals surface area contributed by atoms with E-state index in [4.69, 9.17) is 4.74 Å². The van der Waals surface area contributed by atoms with Gasteiger partial charge in [-0.15, -0.1) is 0 Å². The fourth-order valence-corrected chi connectivity index (χ4v) is 5.78. The molecule has 0 aliphatic carbocycles. The molecule has 2 atom stereocenters. The van der Waals surface area contributed by atoms with Gasteiger partial charge in [0.05, 0.1) is 17.5 Å². The van der Waals surface area contributed by atoms with E-state index in [0.717, 1.165) is 51.2 Å². The smallest absolute Gasteiger partial charge is 0.268 e. The number of methoxy groups -OCH3 is 1. The Kier molecular flexibility index (Phi) is 7.43. The van der Waals surface area contributed by atoms with Gasteiger partial charge in [0.1, 0.15) is 11.4 Å². The maximum absolute atomic E-state index is 13.1. The molecule has 0 saturated carbocycles. The fraction of sp³-hybridized carbons (Fsp3) is 0.423. The van der Waals surface area contributed by atoms with Crippen molar-refractivity contribution in [2.24, 2.45) is 11.8 Å². The Morgan fingerprint density at radius 1 is 1.16 bits per heavy atom. The van der Waals surface area contributed by atoms with E-state index in [0.29, 0.717) is 12.2 Å². The third-order valence-corrected chi connectivity index (χ3v) is 7.17. The number of H-pyrrole nitrogens is 1. The minimum atomic E-state index is -0.0565. The largest absolute Gasteiger partial charge is 0.497 e. The molecule has 1 aromatic heterocycles. The van der Waals surface area contributed by atoms with Gasteiger partial charge in [-0.05, 0) is 55.5 Å². The number of benzene rings is 2. The second-order valence-corrected chi connectivity index (χ2v) is 10.1. The summed E-state index contributed by atoms with van der Waals surface area (Å²) in [6, 6.07) is 16.1. The maximum atomic E-state index is 13.1. The average Bonchev–Trinajstić information content (AvgIpc) is 3.14. The summed E-state index contributed by atoms with van der Waals surface area (Å²) in [7, 11) is 1.65. The van der Waals surface area contributed by atoms with Crippen LogP contribution in [0.15, 0.2) is 58.3 Å². The number of likely N-dealkylation sites (tertiary alicyclic amines) is 1. The summed E-state index contributed by atoms with van der Waals surface area (Å²) in [5, 5.41) is 4.16. The van der Waals surface area contributed by atoms with Crippen LogP contribution in [-0.4, -0.2) is 49.1 Å². The van der Waals surface area contributed by atoms with Crippen LogP contribution in [0.25, 0.3) is 10.9 Å². The highest BCUT2D eigenvalue weighted by atomic mass is 32.2. The van der Waals surface area contributed by atoms with E-state index in [1.165, 1.54) is 19.5 Å². The van der Waals surface area contributed by atoms with Crippen LogP contribution in [-0.2, 0) is 0 Å². The summed E-state index contributed by atoms with van der Waals surface area (Å²) >= 11 is 1.61.